The predicted octanol–water partition coefficient (Wildman–Crippen LogP) is 9.22. The second kappa shape index (κ2) is 25.7. The second-order valence-electron chi connectivity index (χ2n) is 6.09. The minimum atomic E-state index is 0. The fourth-order valence-corrected chi connectivity index (χ4v) is 2.98. The molecule has 0 bridgehead atoms. The Bertz CT molecular complexity index is 838. The maximum atomic E-state index is 5.29. The normalized spacial score (nSPS) is 10.7. The van der Waals surface area contributed by atoms with Gasteiger partial charge in [0.05, 0.1) is 5.52 Å². The Hall–Kier alpha value is -1.96. The van der Waals surface area contributed by atoms with Crippen molar-refractivity contribution in [3.8, 4) is 0 Å². The number of piperazine rings is 1. The SMILES string of the molecule is C.C.CC.CC.CC.[CH-]=Cc1cccc(C)c1.[W+2].c1cc(N2CC[N-]CC2)c2cccnc2c1. The molecule has 0 N–H and O–H groups in total. The van der Waals surface area contributed by atoms with Crippen LogP contribution >= 0.6 is 0 Å². The van der Waals surface area contributed by atoms with E-state index < -0.39 is 0 Å². The van der Waals surface area contributed by atoms with E-state index in [1.165, 1.54) is 16.6 Å². The average molecular weight is 636 g/mol. The van der Waals surface area contributed by atoms with Crippen LogP contribution in [0.15, 0.2) is 60.8 Å². The first kappa shape index (κ1) is 39.3. The summed E-state index contributed by atoms with van der Waals surface area (Å²) < 4.78 is 0. The van der Waals surface area contributed by atoms with Gasteiger partial charge < -0.3 is 10.2 Å². The molecule has 3 nitrogen and oxygen atoms in total. The quantitative estimate of drug-likeness (QED) is 0.263. The Kier molecular flexibility index (Phi) is 29.6. The smallest absolute Gasteiger partial charge is 0.659 e. The van der Waals surface area contributed by atoms with Crippen molar-refractivity contribution in [2.45, 2.75) is 63.3 Å². The van der Waals surface area contributed by atoms with Crippen LogP contribution in [0.3, 0.4) is 0 Å². The summed E-state index contributed by atoms with van der Waals surface area (Å²) in [6.07, 6.45) is 3.45. The topological polar surface area (TPSA) is 30.2 Å². The summed E-state index contributed by atoms with van der Waals surface area (Å²) in [7, 11) is 0. The molecule has 0 aliphatic carbocycles. The van der Waals surface area contributed by atoms with Gasteiger partial charge in [0.25, 0.3) is 0 Å². The molecule has 2 heterocycles. The standard InChI is InChI=1S/C13H14N3.C9H9.3C2H6.2CH4.W/c1-4-12-11(3-2-6-15-12)13(5-1)16-9-7-14-8-10-16;1-3-9-6-4-5-8(2)7-9;3*1-2;;;/h1-6H,7-10H2;1,3-7H,2H3;3*1-2H3;2*1H4;/q2*-1;;;;;;+2. The van der Waals surface area contributed by atoms with E-state index in [4.69, 9.17) is 6.58 Å². The zero-order valence-corrected chi connectivity index (χ0v) is 23.9. The number of rotatable bonds is 2. The van der Waals surface area contributed by atoms with Gasteiger partial charge >= 0.3 is 21.1 Å². The van der Waals surface area contributed by atoms with Gasteiger partial charge in [-0.1, -0.05) is 80.2 Å². The van der Waals surface area contributed by atoms with E-state index in [-0.39, 0.29) is 35.9 Å². The summed E-state index contributed by atoms with van der Waals surface area (Å²) in [5.74, 6) is 0. The van der Waals surface area contributed by atoms with Gasteiger partial charge in [0.1, 0.15) is 0 Å². The maximum absolute atomic E-state index is 5.29. The summed E-state index contributed by atoms with van der Waals surface area (Å²) in [5, 5.41) is 5.62. The van der Waals surface area contributed by atoms with Crippen molar-refractivity contribution in [3.63, 3.8) is 0 Å². The molecule has 0 saturated carbocycles. The van der Waals surface area contributed by atoms with Crippen LogP contribution in [-0.2, 0) is 21.1 Å². The molecule has 2 aromatic carbocycles. The first-order chi connectivity index (χ1) is 15.3. The van der Waals surface area contributed by atoms with Gasteiger partial charge in [0.2, 0.25) is 0 Å². The third-order valence-corrected chi connectivity index (χ3v) is 4.25. The van der Waals surface area contributed by atoms with Crippen LogP contribution in [-0.4, -0.2) is 31.2 Å². The predicted molar refractivity (Wildman–Crippen MR) is 154 cm³/mol. The number of fused-ring (bicyclic) bond motifs is 1. The summed E-state index contributed by atoms with van der Waals surface area (Å²) in [5.41, 5.74) is 4.69. The Labute approximate surface area is 226 Å². The minimum Gasteiger partial charge on any atom is -0.659 e. The number of aryl methyl sites for hydroxylation is 1. The van der Waals surface area contributed by atoms with Gasteiger partial charge in [0.15, 0.2) is 0 Å². The van der Waals surface area contributed by atoms with Crippen LogP contribution in [0.25, 0.3) is 22.3 Å². The molecule has 1 fully saturated rings. The van der Waals surface area contributed by atoms with Crippen molar-refractivity contribution in [2.24, 2.45) is 0 Å². The number of benzene rings is 2. The molecule has 1 aliphatic heterocycles. The molecule has 0 radical (unpaired) electrons. The maximum Gasteiger partial charge on any atom is 2.00 e. The molecule has 4 heteroatoms. The van der Waals surface area contributed by atoms with E-state index in [1.54, 1.807) is 6.08 Å². The first-order valence-corrected chi connectivity index (χ1v) is 11.6. The zero-order chi connectivity index (χ0) is 23.5. The van der Waals surface area contributed by atoms with Crippen molar-refractivity contribution in [2.75, 3.05) is 31.1 Å². The molecule has 34 heavy (non-hydrogen) atoms. The fraction of sp³-hybridized carbons (Fsp3) is 0.433. The van der Waals surface area contributed by atoms with Crippen LogP contribution in [0.4, 0.5) is 5.69 Å². The first-order valence-electron chi connectivity index (χ1n) is 11.6. The molecule has 1 saturated heterocycles. The number of nitrogens with zero attached hydrogens (tertiary/aromatic N) is 3. The van der Waals surface area contributed by atoms with Crippen molar-refractivity contribution in [1.82, 2.24) is 4.98 Å². The largest absolute Gasteiger partial charge is 2.00 e. The van der Waals surface area contributed by atoms with E-state index >= 15 is 0 Å². The summed E-state index contributed by atoms with van der Waals surface area (Å²) >= 11 is 0. The molecular formula is C30H49N3W. The van der Waals surface area contributed by atoms with Crippen molar-refractivity contribution >= 4 is 22.7 Å². The van der Waals surface area contributed by atoms with E-state index in [2.05, 4.69) is 39.5 Å². The van der Waals surface area contributed by atoms with Gasteiger partial charge in [-0.05, 0) is 44.3 Å². The van der Waals surface area contributed by atoms with Gasteiger partial charge in [-0.25, -0.2) is 6.08 Å². The third kappa shape index (κ3) is 13.7. The van der Waals surface area contributed by atoms with Crippen LogP contribution < -0.4 is 4.90 Å². The zero-order valence-electron chi connectivity index (χ0n) is 21.0. The van der Waals surface area contributed by atoms with Gasteiger partial charge in [-0.15, -0.1) is 25.2 Å². The molecule has 190 valence electrons. The summed E-state index contributed by atoms with van der Waals surface area (Å²) in [4.78, 5) is 6.79. The Balaban J connectivity index is -0.000000218. The Morgan fingerprint density at radius 2 is 1.44 bits per heavy atom. The Morgan fingerprint density at radius 1 is 0.853 bits per heavy atom. The Morgan fingerprint density at radius 3 is 1.97 bits per heavy atom. The molecule has 1 aromatic heterocycles. The fourth-order valence-electron chi connectivity index (χ4n) is 2.98. The average Bonchev–Trinajstić information content (AvgIpc) is 2.88. The monoisotopic (exact) mass is 635 g/mol. The summed E-state index contributed by atoms with van der Waals surface area (Å²) in [6, 6.07) is 18.5. The molecule has 4 rings (SSSR count). The van der Waals surface area contributed by atoms with Gasteiger partial charge in [-0.3, -0.25) is 11.6 Å². The van der Waals surface area contributed by atoms with Crippen LogP contribution in [0.2, 0.25) is 0 Å². The number of hydrogen-bond acceptors (Lipinski definition) is 2. The molecule has 3 aromatic rings. The molecule has 0 spiro atoms. The molecule has 0 amide bonds. The third-order valence-electron chi connectivity index (χ3n) is 4.25. The van der Waals surface area contributed by atoms with Gasteiger partial charge in [0, 0.05) is 17.3 Å². The van der Waals surface area contributed by atoms with Crippen molar-refractivity contribution in [3.05, 3.63) is 83.8 Å². The molecule has 0 atom stereocenters. The van der Waals surface area contributed by atoms with E-state index in [1.807, 2.05) is 85.0 Å². The van der Waals surface area contributed by atoms with E-state index in [0.29, 0.717) is 0 Å². The number of pyridine rings is 1. The number of hydrogen-bond donors (Lipinski definition) is 0. The molecular weight excluding hydrogens is 586 g/mol. The van der Waals surface area contributed by atoms with E-state index in [0.717, 1.165) is 37.3 Å². The summed E-state index contributed by atoms with van der Waals surface area (Å²) in [6.45, 7) is 23.3. The van der Waals surface area contributed by atoms with Crippen molar-refractivity contribution in [1.29, 1.82) is 0 Å². The minimum absolute atomic E-state index is 0. The van der Waals surface area contributed by atoms with Crippen LogP contribution in [0.5, 0.6) is 0 Å². The van der Waals surface area contributed by atoms with Crippen molar-refractivity contribution < 1.29 is 21.1 Å². The number of aromatic nitrogens is 1. The van der Waals surface area contributed by atoms with Gasteiger partial charge in [-0.2, -0.15) is 5.56 Å². The van der Waals surface area contributed by atoms with Crippen LogP contribution in [0, 0.1) is 13.5 Å². The number of anilines is 1. The molecule has 1 aliphatic rings. The van der Waals surface area contributed by atoms with E-state index in [9.17, 15) is 0 Å². The van der Waals surface area contributed by atoms with Crippen LogP contribution in [0.1, 0.15) is 67.5 Å². The molecule has 0 unspecified atom stereocenters. The second-order valence-corrected chi connectivity index (χ2v) is 6.09.